The van der Waals surface area contributed by atoms with Crippen LogP contribution in [0.2, 0.25) is 5.02 Å². The van der Waals surface area contributed by atoms with Gasteiger partial charge in [-0.3, -0.25) is 4.90 Å². The van der Waals surface area contributed by atoms with Crippen LogP contribution < -0.4 is 4.90 Å². The molecule has 28 heavy (non-hydrogen) atoms. The zero-order valence-electron chi connectivity index (χ0n) is 17.5. The van der Waals surface area contributed by atoms with E-state index in [1.165, 1.54) is 24.9 Å². The highest BCUT2D eigenvalue weighted by atomic mass is 35.5. The number of ether oxygens (including phenoxy) is 1. The van der Waals surface area contributed by atoms with E-state index in [9.17, 15) is 5.11 Å². The SMILES string of the molecule is CC1(C)[C@H]2CC[C@](C)(C2)[C@@H]1OC[C@@H](O)CN1CCN(c2cccc(Cl)c2)CC1. The lowest BCUT2D eigenvalue weighted by atomic mass is 9.70. The molecule has 1 aliphatic heterocycles. The van der Waals surface area contributed by atoms with Crippen LogP contribution in [0.5, 0.6) is 0 Å². The monoisotopic (exact) mass is 406 g/mol. The van der Waals surface area contributed by atoms with Crippen LogP contribution in [-0.4, -0.2) is 61.5 Å². The Morgan fingerprint density at radius 2 is 1.96 bits per heavy atom. The van der Waals surface area contributed by atoms with E-state index in [1.807, 2.05) is 18.2 Å². The maximum Gasteiger partial charge on any atom is 0.0900 e. The molecular weight excluding hydrogens is 372 g/mol. The molecule has 1 heterocycles. The maximum absolute atomic E-state index is 10.6. The summed E-state index contributed by atoms with van der Waals surface area (Å²) in [4.78, 5) is 4.71. The molecule has 2 bridgehead atoms. The number of β-amino-alcohol motifs (C(OH)–C–C–N with tert-alkyl or cyclic N) is 1. The Bertz CT molecular complexity index is 684. The van der Waals surface area contributed by atoms with Gasteiger partial charge in [0, 0.05) is 43.4 Å². The molecule has 2 saturated carbocycles. The lowest BCUT2D eigenvalue weighted by Crippen LogP contribution is -2.50. The molecule has 0 radical (unpaired) electrons. The van der Waals surface area contributed by atoms with Crippen LogP contribution in [0.3, 0.4) is 0 Å². The fourth-order valence-electron chi connectivity index (χ4n) is 6.09. The normalized spacial score (nSPS) is 33.4. The first-order chi connectivity index (χ1) is 13.3. The minimum atomic E-state index is -0.420. The van der Waals surface area contributed by atoms with Gasteiger partial charge in [-0.05, 0) is 54.2 Å². The Morgan fingerprint density at radius 1 is 1.21 bits per heavy atom. The predicted molar refractivity (Wildman–Crippen MR) is 115 cm³/mol. The number of rotatable bonds is 6. The second kappa shape index (κ2) is 7.79. The highest BCUT2D eigenvalue weighted by Gasteiger charge is 2.60. The summed E-state index contributed by atoms with van der Waals surface area (Å²) in [6, 6.07) is 8.05. The van der Waals surface area contributed by atoms with Crippen molar-refractivity contribution in [2.45, 2.75) is 52.2 Å². The summed E-state index contributed by atoms with van der Waals surface area (Å²) < 4.78 is 6.36. The summed E-state index contributed by atoms with van der Waals surface area (Å²) in [7, 11) is 0. The van der Waals surface area contributed by atoms with E-state index in [-0.39, 0.29) is 11.5 Å². The highest BCUT2D eigenvalue weighted by molar-refractivity contribution is 6.30. The Labute approximate surface area is 174 Å². The van der Waals surface area contributed by atoms with Gasteiger partial charge in [-0.1, -0.05) is 38.4 Å². The maximum atomic E-state index is 10.6. The van der Waals surface area contributed by atoms with E-state index in [2.05, 4.69) is 36.6 Å². The van der Waals surface area contributed by atoms with E-state index in [0.29, 0.717) is 18.6 Å². The van der Waals surface area contributed by atoms with Crippen molar-refractivity contribution in [3.8, 4) is 0 Å². The summed E-state index contributed by atoms with van der Waals surface area (Å²) in [6.07, 6.45) is 3.74. The molecule has 1 aromatic carbocycles. The van der Waals surface area contributed by atoms with Crippen LogP contribution in [-0.2, 0) is 4.74 Å². The Morgan fingerprint density at radius 3 is 2.61 bits per heavy atom. The average molecular weight is 407 g/mol. The molecule has 156 valence electrons. The number of anilines is 1. The molecule has 0 spiro atoms. The molecule has 0 amide bonds. The highest BCUT2D eigenvalue weighted by Crippen LogP contribution is 2.63. The molecule has 0 unspecified atom stereocenters. The molecular formula is C23H35ClN2O2. The number of aliphatic hydroxyl groups excluding tert-OH is 1. The van der Waals surface area contributed by atoms with Gasteiger partial charge in [0.15, 0.2) is 0 Å². The van der Waals surface area contributed by atoms with Gasteiger partial charge < -0.3 is 14.7 Å². The van der Waals surface area contributed by atoms with Gasteiger partial charge in [0.1, 0.15) is 0 Å². The van der Waals surface area contributed by atoms with Crippen LogP contribution in [0.1, 0.15) is 40.0 Å². The van der Waals surface area contributed by atoms with E-state index in [4.69, 9.17) is 16.3 Å². The third kappa shape index (κ3) is 3.94. The number of halogens is 1. The van der Waals surface area contributed by atoms with Crippen molar-refractivity contribution in [2.75, 3.05) is 44.2 Å². The summed E-state index contributed by atoms with van der Waals surface area (Å²) in [5.74, 6) is 0.777. The van der Waals surface area contributed by atoms with Crippen molar-refractivity contribution in [3.05, 3.63) is 29.3 Å². The van der Waals surface area contributed by atoms with Crippen LogP contribution in [0.15, 0.2) is 24.3 Å². The van der Waals surface area contributed by atoms with Crippen LogP contribution >= 0.6 is 11.6 Å². The minimum absolute atomic E-state index is 0.231. The van der Waals surface area contributed by atoms with Gasteiger partial charge in [0.25, 0.3) is 0 Å². The molecule has 4 rings (SSSR count). The number of piperazine rings is 1. The first kappa shape index (κ1) is 20.5. The molecule has 0 aromatic heterocycles. The van der Waals surface area contributed by atoms with Crippen molar-refractivity contribution in [2.24, 2.45) is 16.7 Å². The first-order valence-corrected chi connectivity index (χ1v) is 11.2. The zero-order chi connectivity index (χ0) is 19.9. The predicted octanol–water partition coefficient (Wildman–Crippen LogP) is 4.05. The van der Waals surface area contributed by atoms with Gasteiger partial charge in [-0.25, -0.2) is 0 Å². The lowest BCUT2D eigenvalue weighted by molar-refractivity contribution is -0.113. The molecule has 1 aromatic rings. The summed E-state index contributed by atoms with van der Waals surface area (Å²) >= 11 is 6.12. The van der Waals surface area contributed by atoms with Crippen LogP contribution in [0.25, 0.3) is 0 Å². The van der Waals surface area contributed by atoms with Gasteiger partial charge >= 0.3 is 0 Å². The number of benzene rings is 1. The van der Waals surface area contributed by atoms with E-state index >= 15 is 0 Å². The number of hydrogen-bond acceptors (Lipinski definition) is 4. The quantitative estimate of drug-likeness (QED) is 0.772. The second-order valence-electron chi connectivity index (χ2n) is 10.0. The molecule has 5 heteroatoms. The van der Waals surface area contributed by atoms with Crippen molar-refractivity contribution in [1.82, 2.24) is 4.90 Å². The fourth-order valence-corrected chi connectivity index (χ4v) is 6.28. The molecule has 3 fully saturated rings. The largest absolute Gasteiger partial charge is 0.389 e. The number of fused-ring (bicyclic) bond motifs is 2. The van der Waals surface area contributed by atoms with Gasteiger partial charge in [-0.2, -0.15) is 0 Å². The molecule has 1 saturated heterocycles. The standard InChI is InChI=1S/C23H35ClN2O2/c1-22(2)17-7-8-23(3,14-17)21(22)28-16-20(27)15-25-9-11-26(12-10-25)19-6-4-5-18(24)13-19/h4-6,13,17,20-21,27H,7-12,14-16H2,1-3H3/t17-,20-,21+,23+/m0/s1. The van der Waals surface area contributed by atoms with Crippen LogP contribution in [0.4, 0.5) is 5.69 Å². The zero-order valence-corrected chi connectivity index (χ0v) is 18.3. The second-order valence-corrected chi connectivity index (χ2v) is 10.5. The van der Waals surface area contributed by atoms with Gasteiger partial charge in [-0.15, -0.1) is 0 Å². The number of nitrogens with zero attached hydrogens (tertiary/aromatic N) is 2. The molecule has 3 aliphatic rings. The topological polar surface area (TPSA) is 35.9 Å². The molecule has 4 nitrogen and oxygen atoms in total. The third-order valence-corrected chi connectivity index (χ3v) is 7.84. The lowest BCUT2D eigenvalue weighted by Gasteiger charge is -2.43. The minimum Gasteiger partial charge on any atom is -0.389 e. The number of aliphatic hydroxyl groups is 1. The average Bonchev–Trinajstić information content (AvgIpc) is 3.13. The number of hydrogen-bond donors (Lipinski definition) is 1. The van der Waals surface area contributed by atoms with Gasteiger partial charge in [0.05, 0.1) is 18.8 Å². The van der Waals surface area contributed by atoms with Crippen LogP contribution in [0, 0.1) is 16.7 Å². The molecule has 2 aliphatic carbocycles. The van der Waals surface area contributed by atoms with Gasteiger partial charge in [0.2, 0.25) is 0 Å². The summed E-state index contributed by atoms with van der Waals surface area (Å²) in [5.41, 5.74) is 1.72. The third-order valence-electron chi connectivity index (χ3n) is 7.61. The van der Waals surface area contributed by atoms with Crippen molar-refractivity contribution in [1.29, 1.82) is 0 Å². The van der Waals surface area contributed by atoms with E-state index in [1.54, 1.807) is 0 Å². The molecule has 4 atom stereocenters. The van der Waals surface area contributed by atoms with Crippen molar-refractivity contribution in [3.63, 3.8) is 0 Å². The smallest absolute Gasteiger partial charge is 0.0900 e. The Kier molecular flexibility index (Phi) is 5.69. The van der Waals surface area contributed by atoms with E-state index < -0.39 is 6.10 Å². The molecule has 1 N–H and O–H groups in total. The first-order valence-electron chi connectivity index (χ1n) is 10.8. The fraction of sp³-hybridized carbons (Fsp3) is 0.739. The van der Waals surface area contributed by atoms with E-state index in [0.717, 1.165) is 37.1 Å². The van der Waals surface area contributed by atoms with Crippen molar-refractivity contribution >= 4 is 17.3 Å². The van der Waals surface area contributed by atoms with Crippen molar-refractivity contribution < 1.29 is 9.84 Å². The summed E-state index contributed by atoms with van der Waals surface area (Å²) in [6.45, 7) is 12.1. The summed E-state index contributed by atoms with van der Waals surface area (Å²) in [5, 5.41) is 11.4. The Hall–Kier alpha value is -0.810. The Balaban J connectivity index is 1.24.